The van der Waals surface area contributed by atoms with E-state index in [9.17, 15) is 9.59 Å². The van der Waals surface area contributed by atoms with E-state index < -0.39 is 0 Å². The van der Waals surface area contributed by atoms with E-state index in [4.69, 9.17) is 37.9 Å². The third kappa shape index (κ3) is 54.8. The van der Waals surface area contributed by atoms with Crippen molar-refractivity contribution in [1.82, 2.24) is 0 Å². The summed E-state index contributed by atoms with van der Waals surface area (Å²) in [7, 11) is 0. The van der Waals surface area contributed by atoms with Gasteiger partial charge < -0.3 is 37.9 Å². The molecule has 0 amide bonds. The number of unbranched alkanes of at least 4 members (excludes halogenated alkanes) is 28. The van der Waals surface area contributed by atoms with Gasteiger partial charge in [-0.15, -0.1) is 0 Å². The number of esters is 2. The lowest BCUT2D eigenvalue weighted by atomic mass is 10.0. The van der Waals surface area contributed by atoms with Gasteiger partial charge >= 0.3 is 11.9 Å². The first-order valence-corrected chi connectivity index (χ1v) is 30.9. The lowest BCUT2D eigenvalue weighted by molar-refractivity contribution is -0.151. The SMILES string of the molecule is CCCCCCCCC(CCCCCCCC)OC(=O)CCCCCCCOC[C@H](COCCOCCOCCOCC)OCCCCCCCC(=O)OC(CCCCCCCC)CCCCCCCC. The summed E-state index contributed by atoms with van der Waals surface area (Å²) in [6.07, 6.45) is 45.8. The van der Waals surface area contributed by atoms with Gasteiger partial charge in [0.2, 0.25) is 0 Å². The van der Waals surface area contributed by atoms with Crippen molar-refractivity contribution in [2.24, 2.45) is 0 Å². The van der Waals surface area contributed by atoms with Crippen molar-refractivity contribution in [3.05, 3.63) is 0 Å². The molecule has 0 spiro atoms. The summed E-state index contributed by atoms with van der Waals surface area (Å²) < 4.78 is 47.0. The van der Waals surface area contributed by atoms with Gasteiger partial charge in [0.25, 0.3) is 0 Å². The third-order valence-electron chi connectivity index (χ3n) is 13.6. The Bertz CT molecular complexity index is 1010. The van der Waals surface area contributed by atoms with Crippen LogP contribution in [0, 0.1) is 0 Å². The fourth-order valence-corrected chi connectivity index (χ4v) is 9.05. The largest absolute Gasteiger partial charge is 0.462 e. The fourth-order valence-electron chi connectivity index (χ4n) is 9.05. The molecule has 0 saturated carbocycles. The van der Waals surface area contributed by atoms with Gasteiger partial charge in [-0.25, -0.2) is 0 Å². The van der Waals surface area contributed by atoms with Crippen LogP contribution in [0.1, 0.15) is 291 Å². The maximum atomic E-state index is 12.9. The van der Waals surface area contributed by atoms with Gasteiger partial charge in [0, 0.05) is 32.7 Å². The Morgan fingerprint density at radius 3 is 0.958 bits per heavy atom. The van der Waals surface area contributed by atoms with Crippen molar-refractivity contribution in [1.29, 1.82) is 0 Å². The second kappa shape index (κ2) is 59.6. The van der Waals surface area contributed by atoms with Gasteiger partial charge in [0.15, 0.2) is 0 Å². The molecule has 0 heterocycles. The maximum Gasteiger partial charge on any atom is 0.306 e. The Balaban J connectivity index is 4.58. The molecule has 0 aromatic rings. The molecule has 0 radical (unpaired) electrons. The summed E-state index contributed by atoms with van der Waals surface area (Å²) in [6, 6.07) is 0. The molecule has 0 fully saturated rings. The summed E-state index contributed by atoms with van der Waals surface area (Å²) >= 11 is 0. The van der Waals surface area contributed by atoms with Gasteiger partial charge in [0.1, 0.15) is 18.3 Å². The molecule has 0 aromatic heterocycles. The Kier molecular flexibility index (Phi) is 58.5. The second-order valence-electron chi connectivity index (χ2n) is 20.5. The van der Waals surface area contributed by atoms with Gasteiger partial charge in [-0.1, -0.05) is 195 Å². The van der Waals surface area contributed by atoms with Crippen LogP contribution in [-0.4, -0.2) is 103 Å². The van der Waals surface area contributed by atoms with Gasteiger partial charge in [-0.3, -0.25) is 9.59 Å². The molecular formula is C61H120O10. The summed E-state index contributed by atoms with van der Waals surface area (Å²) in [6.45, 7) is 17.3. The predicted molar refractivity (Wildman–Crippen MR) is 297 cm³/mol. The molecule has 0 saturated heterocycles. The highest BCUT2D eigenvalue weighted by molar-refractivity contribution is 5.69. The van der Waals surface area contributed by atoms with Gasteiger partial charge in [-0.2, -0.15) is 0 Å². The highest BCUT2D eigenvalue weighted by atomic mass is 16.6. The average molecular weight is 1010 g/mol. The number of hydrogen-bond acceptors (Lipinski definition) is 10. The fraction of sp³-hybridized carbons (Fsp3) is 0.967. The zero-order valence-electron chi connectivity index (χ0n) is 47.9. The highest BCUT2D eigenvalue weighted by Gasteiger charge is 2.16. The minimum atomic E-state index is -0.135. The third-order valence-corrected chi connectivity index (χ3v) is 13.6. The zero-order chi connectivity index (χ0) is 51.6. The molecule has 10 nitrogen and oxygen atoms in total. The molecule has 0 aliphatic carbocycles. The number of hydrogen-bond donors (Lipinski definition) is 0. The molecule has 0 aliphatic heterocycles. The van der Waals surface area contributed by atoms with E-state index in [0.29, 0.717) is 85.5 Å². The van der Waals surface area contributed by atoms with Crippen molar-refractivity contribution in [2.75, 3.05) is 72.7 Å². The first kappa shape index (κ1) is 69.7. The number of carbonyl (C=O) groups is 2. The van der Waals surface area contributed by atoms with Crippen molar-refractivity contribution in [3.8, 4) is 0 Å². The summed E-state index contributed by atoms with van der Waals surface area (Å²) in [5.41, 5.74) is 0. The van der Waals surface area contributed by atoms with Crippen LogP contribution in [0.15, 0.2) is 0 Å². The Morgan fingerprint density at radius 1 is 0.282 bits per heavy atom. The van der Waals surface area contributed by atoms with E-state index in [0.717, 1.165) is 89.9 Å². The van der Waals surface area contributed by atoms with Crippen LogP contribution in [0.2, 0.25) is 0 Å². The van der Waals surface area contributed by atoms with Gasteiger partial charge in [0.05, 0.1) is 52.9 Å². The molecule has 10 heteroatoms. The van der Waals surface area contributed by atoms with Crippen LogP contribution in [0.3, 0.4) is 0 Å². The number of carbonyl (C=O) groups excluding carboxylic acids is 2. The smallest absolute Gasteiger partial charge is 0.306 e. The summed E-state index contributed by atoms with van der Waals surface area (Å²) in [5, 5.41) is 0. The van der Waals surface area contributed by atoms with Crippen LogP contribution in [0.25, 0.3) is 0 Å². The highest BCUT2D eigenvalue weighted by Crippen LogP contribution is 2.20. The van der Waals surface area contributed by atoms with Gasteiger partial charge in [-0.05, 0) is 84.0 Å². The lowest BCUT2D eigenvalue weighted by Gasteiger charge is -2.19. The number of rotatable bonds is 61. The van der Waals surface area contributed by atoms with Crippen LogP contribution < -0.4 is 0 Å². The van der Waals surface area contributed by atoms with Crippen molar-refractivity contribution < 1.29 is 47.5 Å². The molecule has 0 bridgehead atoms. The zero-order valence-corrected chi connectivity index (χ0v) is 47.9. The second-order valence-corrected chi connectivity index (χ2v) is 20.5. The molecule has 0 rings (SSSR count). The molecule has 424 valence electrons. The van der Waals surface area contributed by atoms with E-state index >= 15 is 0 Å². The van der Waals surface area contributed by atoms with Crippen molar-refractivity contribution in [3.63, 3.8) is 0 Å². The minimum absolute atomic E-state index is 0.00414. The molecule has 0 N–H and O–H groups in total. The Morgan fingerprint density at radius 2 is 0.577 bits per heavy atom. The van der Waals surface area contributed by atoms with Crippen LogP contribution >= 0.6 is 0 Å². The first-order chi connectivity index (χ1) is 35.0. The van der Waals surface area contributed by atoms with Crippen LogP contribution in [0.4, 0.5) is 0 Å². The van der Waals surface area contributed by atoms with E-state index in [-0.39, 0.29) is 30.3 Å². The van der Waals surface area contributed by atoms with Crippen molar-refractivity contribution >= 4 is 11.9 Å². The summed E-state index contributed by atoms with van der Waals surface area (Å²) in [5.74, 6) is -0.0111. The Hall–Kier alpha value is -1.30. The summed E-state index contributed by atoms with van der Waals surface area (Å²) in [4.78, 5) is 25.7. The van der Waals surface area contributed by atoms with Crippen molar-refractivity contribution in [2.45, 2.75) is 310 Å². The molecule has 71 heavy (non-hydrogen) atoms. The molecule has 0 aromatic carbocycles. The average Bonchev–Trinajstić information content (AvgIpc) is 3.37. The topological polar surface area (TPSA) is 108 Å². The Labute approximate surface area is 440 Å². The molecule has 0 unspecified atom stereocenters. The van der Waals surface area contributed by atoms with E-state index in [1.165, 1.54) is 154 Å². The molecular weight excluding hydrogens is 893 g/mol. The monoisotopic (exact) mass is 1010 g/mol. The minimum Gasteiger partial charge on any atom is -0.462 e. The predicted octanol–water partition coefficient (Wildman–Crippen LogP) is 17.0. The maximum absolute atomic E-state index is 12.9. The molecule has 1 atom stereocenters. The number of ether oxygens (including phenoxy) is 8. The quantitative estimate of drug-likeness (QED) is 0.0432. The first-order valence-electron chi connectivity index (χ1n) is 30.9. The van der Waals surface area contributed by atoms with Crippen LogP contribution in [0.5, 0.6) is 0 Å². The lowest BCUT2D eigenvalue weighted by Crippen LogP contribution is -2.27. The van der Waals surface area contributed by atoms with E-state index in [1.807, 2.05) is 6.92 Å². The normalized spacial score (nSPS) is 12.2. The standard InChI is InChI=1S/C61H120O10/c1-6-11-15-19-25-33-41-57(42-34-26-20-16-12-7-2)70-60(62)45-37-29-23-31-39-47-67-55-59(56-68-54-53-66-52-51-65-50-49-64-10-5)69-48-40-32-24-30-38-46-61(63)71-58(43-35-27-21-17-13-8-3)44-36-28-22-18-14-9-4/h57-59H,6-56H2,1-5H3/t59-/m1/s1. The molecule has 0 aliphatic rings. The van der Waals surface area contributed by atoms with E-state index in [1.54, 1.807) is 0 Å². The van der Waals surface area contributed by atoms with E-state index in [2.05, 4.69) is 27.7 Å². The van der Waals surface area contributed by atoms with Crippen LogP contribution in [-0.2, 0) is 47.5 Å².